The summed E-state index contributed by atoms with van der Waals surface area (Å²) in [6, 6.07) is 16.7. The zero-order valence-corrected chi connectivity index (χ0v) is 13.2. The number of methoxy groups -OCH3 is 1. The van der Waals surface area contributed by atoms with Gasteiger partial charge in [0, 0.05) is 12.2 Å². The maximum absolute atomic E-state index is 12.0. The highest BCUT2D eigenvalue weighted by Crippen LogP contribution is 2.15. The molecule has 0 unspecified atom stereocenters. The van der Waals surface area contributed by atoms with E-state index in [9.17, 15) is 4.79 Å². The molecule has 0 aliphatic heterocycles. The van der Waals surface area contributed by atoms with Crippen LogP contribution >= 0.6 is 0 Å². The minimum Gasteiger partial charge on any atom is -0.497 e. The van der Waals surface area contributed by atoms with Gasteiger partial charge in [-0.25, -0.2) is 0 Å². The number of hydrogen-bond donors (Lipinski definition) is 1. The lowest BCUT2D eigenvalue weighted by Crippen LogP contribution is -2.29. The number of rotatable bonds is 6. The molecule has 0 radical (unpaired) electrons. The molecular formula is C18H19N3O2. The van der Waals surface area contributed by atoms with E-state index in [-0.39, 0.29) is 12.5 Å². The van der Waals surface area contributed by atoms with Crippen molar-refractivity contribution < 1.29 is 9.53 Å². The molecule has 2 rings (SSSR count). The van der Waals surface area contributed by atoms with Gasteiger partial charge in [0.15, 0.2) is 0 Å². The molecule has 0 saturated carbocycles. The van der Waals surface area contributed by atoms with Crippen molar-refractivity contribution in [3.05, 3.63) is 59.7 Å². The number of benzene rings is 2. The number of carbonyl (C=O) groups excluding carboxylic acids is 1. The Morgan fingerprint density at radius 1 is 1.17 bits per heavy atom. The number of anilines is 1. The number of carbonyl (C=O) groups is 1. The lowest BCUT2D eigenvalue weighted by Gasteiger charge is -2.16. The number of nitriles is 1. The summed E-state index contributed by atoms with van der Waals surface area (Å²) >= 11 is 0. The summed E-state index contributed by atoms with van der Waals surface area (Å²) in [5, 5.41) is 11.6. The fourth-order valence-corrected chi connectivity index (χ4v) is 2.17. The third kappa shape index (κ3) is 5.13. The lowest BCUT2D eigenvalue weighted by atomic mass is 10.1. The van der Waals surface area contributed by atoms with E-state index in [1.54, 1.807) is 43.5 Å². The van der Waals surface area contributed by atoms with E-state index < -0.39 is 0 Å². The Labute approximate surface area is 136 Å². The first kappa shape index (κ1) is 16.5. The van der Waals surface area contributed by atoms with Crippen molar-refractivity contribution in [1.29, 1.82) is 5.26 Å². The fourth-order valence-electron chi connectivity index (χ4n) is 2.17. The smallest absolute Gasteiger partial charge is 0.238 e. The third-order valence-electron chi connectivity index (χ3n) is 3.32. The Kier molecular flexibility index (Phi) is 5.73. The summed E-state index contributed by atoms with van der Waals surface area (Å²) in [4.78, 5) is 14.0. The molecule has 0 fully saturated rings. The van der Waals surface area contributed by atoms with Crippen molar-refractivity contribution in [3.8, 4) is 11.8 Å². The first-order chi connectivity index (χ1) is 11.1. The topological polar surface area (TPSA) is 65.4 Å². The molecular weight excluding hydrogens is 290 g/mol. The molecule has 5 nitrogen and oxygen atoms in total. The van der Waals surface area contributed by atoms with Crippen LogP contribution in [-0.2, 0) is 11.3 Å². The summed E-state index contributed by atoms with van der Waals surface area (Å²) in [5.74, 6) is 0.673. The van der Waals surface area contributed by atoms with E-state index in [0.29, 0.717) is 12.1 Å². The number of nitrogens with zero attached hydrogens (tertiary/aromatic N) is 2. The average molecular weight is 309 g/mol. The second-order valence-corrected chi connectivity index (χ2v) is 5.26. The molecule has 118 valence electrons. The first-order valence-electron chi connectivity index (χ1n) is 7.22. The van der Waals surface area contributed by atoms with Gasteiger partial charge < -0.3 is 10.1 Å². The van der Waals surface area contributed by atoms with Crippen LogP contribution in [0, 0.1) is 11.3 Å². The van der Waals surface area contributed by atoms with E-state index in [2.05, 4.69) is 11.4 Å². The molecule has 0 spiro atoms. The Morgan fingerprint density at radius 2 is 1.83 bits per heavy atom. The second-order valence-electron chi connectivity index (χ2n) is 5.26. The lowest BCUT2D eigenvalue weighted by molar-refractivity contribution is -0.117. The van der Waals surface area contributed by atoms with Gasteiger partial charge in [-0.15, -0.1) is 0 Å². The fraction of sp³-hybridized carbons (Fsp3) is 0.222. The molecule has 0 aliphatic rings. The van der Waals surface area contributed by atoms with Gasteiger partial charge in [-0.05, 0) is 49.0 Å². The van der Waals surface area contributed by atoms with E-state index >= 15 is 0 Å². The number of likely N-dealkylation sites (N-methyl/N-ethyl adjacent to an activating group) is 1. The van der Waals surface area contributed by atoms with Crippen LogP contribution in [0.3, 0.4) is 0 Å². The van der Waals surface area contributed by atoms with Crippen molar-refractivity contribution in [3.63, 3.8) is 0 Å². The highest BCUT2D eigenvalue weighted by Gasteiger charge is 2.08. The van der Waals surface area contributed by atoms with E-state index in [0.717, 1.165) is 17.0 Å². The molecule has 0 aliphatic carbocycles. The SMILES string of the molecule is COc1ccc(NC(=O)CN(C)Cc2ccc(C#N)cc2)cc1. The van der Waals surface area contributed by atoms with E-state index in [1.165, 1.54) is 0 Å². The first-order valence-corrected chi connectivity index (χ1v) is 7.22. The Hall–Kier alpha value is -2.84. The number of amides is 1. The van der Waals surface area contributed by atoms with Crippen LogP contribution in [0.1, 0.15) is 11.1 Å². The summed E-state index contributed by atoms with van der Waals surface area (Å²) in [6.07, 6.45) is 0. The minimum absolute atomic E-state index is 0.0775. The molecule has 0 bridgehead atoms. The monoisotopic (exact) mass is 309 g/mol. The zero-order valence-electron chi connectivity index (χ0n) is 13.2. The van der Waals surface area contributed by atoms with Crippen molar-refractivity contribution in [2.75, 3.05) is 26.0 Å². The van der Waals surface area contributed by atoms with E-state index in [1.807, 2.05) is 24.1 Å². The van der Waals surface area contributed by atoms with Crippen LogP contribution < -0.4 is 10.1 Å². The number of hydrogen-bond acceptors (Lipinski definition) is 4. The van der Waals surface area contributed by atoms with Gasteiger partial charge >= 0.3 is 0 Å². The van der Waals surface area contributed by atoms with Crippen LogP contribution in [0.4, 0.5) is 5.69 Å². The summed E-state index contributed by atoms with van der Waals surface area (Å²) in [7, 11) is 3.48. The number of nitrogens with one attached hydrogen (secondary N) is 1. The molecule has 1 N–H and O–H groups in total. The third-order valence-corrected chi connectivity index (χ3v) is 3.32. The number of ether oxygens (including phenoxy) is 1. The maximum Gasteiger partial charge on any atom is 0.238 e. The molecule has 2 aromatic rings. The van der Waals surface area contributed by atoms with Crippen molar-refractivity contribution in [1.82, 2.24) is 4.90 Å². The van der Waals surface area contributed by atoms with Crippen LogP contribution in [-0.4, -0.2) is 31.5 Å². The highest BCUT2D eigenvalue weighted by atomic mass is 16.5. The van der Waals surface area contributed by atoms with Crippen LogP contribution in [0.5, 0.6) is 5.75 Å². The van der Waals surface area contributed by atoms with Gasteiger partial charge in [0.25, 0.3) is 0 Å². The van der Waals surface area contributed by atoms with Gasteiger partial charge in [0.1, 0.15) is 5.75 Å². The normalized spacial score (nSPS) is 10.2. The van der Waals surface area contributed by atoms with Gasteiger partial charge in [-0.3, -0.25) is 9.69 Å². The zero-order chi connectivity index (χ0) is 16.7. The van der Waals surface area contributed by atoms with Gasteiger partial charge in [0.2, 0.25) is 5.91 Å². The van der Waals surface area contributed by atoms with Crippen molar-refractivity contribution in [2.24, 2.45) is 0 Å². The quantitative estimate of drug-likeness (QED) is 0.891. The van der Waals surface area contributed by atoms with Crippen LogP contribution in [0.2, 0.25) is 0 Å². The van der Waals surface area contributed by atoms with Gasteiger partial charge in [0.05, 0.1) is 25.3 Å². The predicted octanol–water partition coefficient (Wildman–Crippen LogP) is 2.64. The minimum atomic E-state index is -0.0775. The second kappa shape index (κ2) is 7.97. The molecule has 5 heteroatoms. The molecule has 0 aromatic heterocycles. The standard InChI is InChI=1S/C18H19N3O2/c1-21(12-15-5-3-14(11-19)4-6-15)13-18(22)20-16-7-9-17(23-2)10-8-16/h3-10H,12-13H2,1-2H3,(H,20,22). The molecule has 0 atom stereocenters. The van der Waals surface area contributed by atoms with Crippen LogP contribution in [0.25, 0.3) is 0 Å². The van der Waals surface area contributed by atoms with Gasteiger partial charge in [-0.1, -0.05) is 12.1 Å². The maximum atomic E-state index is 12.0. The van der Waals surface area contributed by atoms with Gasteiger partial charge in [-0.2, -0.15) is 5.26 Å². The average Bonchev–Trinajstić information content (AvgIpc) is 2.56. The molecule has 0 heterocycles. The van der Waals surface area contributed by atoms with E-state index in [4.69, 9.17) is 10.00 Å². The summed E-state index contributed by atoms with van der Waals surface area (Å²) in [6.45, 7) is 0.924. The van der Waals surface area contributed by atoms with Crippen molar-refractivity contribution in [2.45, 2.75) is 6.54 Å². The largest absolute Gasteiger partial charge is 0.497 e. The van der Waals surface area contributed by atoms with Crippen LogP contribution in [0.15, 0.2) is 48.5 Å². The Morgan fingerprint density at radius 3 is 2.39 bits per heavy atom. The summed E-state index contributed by atoms with van der Waals surface area (Å²) in [5.41, 5.74) is 2.43. The molecule has 2 aromatic carbocycles. The highest BCUT2D eigenvalue weighted by molar-refractivity contribution is 5.92. The van der Waals surface area contributed by atoms with Crippen molar-refractivity contribution >= 4 is 11.6 Å². The molecule has 1 amide bonds. The predicted molar refractivity (Wildman–Crippen MR) is 89.1 cm³/mol. The Balaban J connectivity index is 1.84. The molecule has 0 saturated heterocycles. The molecule has 23 heavy (non-hydrogen) atoms. The Bertz CT molecular complexity index is 688. The summed E-state index contributed by atoms with van der Waals surface area (Å²) < 4.78 is 5.08.